The van der Waals surface area contributed by atoms with E-state index in [1.807, 2.05) is 0 Å². The second-order valence-electron chi connectivity index (χ2n) is 2.43. The fourth-order valence-electron chi connectivity index (χ4n) is 0.905. The van der Waals surface area contributed by atoms with Crippen LogP contribution in [-0.4, -0.2) is 4.57 Å². The standard InChI is InChI=1S/C7H7ClN4O/c1-5(10-11-9)12-3-2-6(8)4-7(12)13/h2-5H,1H3. The summed E-state index contributed by atoms with van der Waals surface area (Å²) >= 11 is 5.58. The Hall–Kier alpha value is -1.45. The summed E-state index contributed by atoms with van der Waals surface area (Å²) in [6.07, 6.45) is 0.957. The second-order valence-corrected chi connectivity index (χ2v) is 2.86. The summed E-state index contributed by atoms with van der Waals surface area (Å²) in [6, 6.07) is 2.83. The van der Waals surface area contributed by atoms with Crippen LogP contribution in [0.1, 0.15) is 13.1 Å². The molecule has 0 spiro atoms. The van der Waals surface area contributed by atoms with Gasteiger partial charge >= 0.3 is 0 Å². The molecular formula is C7H7ClN4O. The number of hydrogen-bond donors (Lipinski definition) is 0. The molecule has 1 heterocycles. The second kappa shape index (κ2) is 3.98. The van der Waals surface area contributed by atoms with Crippen molar-refractivity contribution in [2.75, 3.05) is 0 Å². The molecule has 0 saturated carbocycles. The van der Waals surface area contributed by atoms with Crippen LogP contribution < -0.4 is 5.56 Å². The van der Waals surface area contributed by atoms with Crippen LogP contribution in [0, 0.1) is 0 Å². The van der Waals surface area contributed by atoms with Crippen LogP contribution in [-0.2, 0) is 0 Å². The van der Waals surface area contributed by atoms with E-state index in [0.29, 0.717) is 5.02 Å². The fourth-order valence-corrected chi connectivity index (χ4v) is 1.05. The topological polar surface area (TPSA) is 70.8 Å². The Labute approximate surface area is 79.2 Å². The van der Waals surface area contributed by atoms with Gasteiger partial charge in [-0.2, -0.15) is 0 Å². The van der Waals surface area contributed by atoms with Crippen molar-refractivity contribution in [2.24, 2.45) is 5.11 Å². The lowest BCUT2D eigenvalue weighted by atomic mass is 10.4. The van der Waals surface area contributed by atoms with Crippen molar-refractivity contribution in [1.29, 1.82) is 0 Å². The van der Waals surface area contributed by atoms with Gasteiger partial charge in [0.15, 0.2) is 0 Å². The first-order chi connectivity index (χ1) is 6.15. The van der Waals surface area contributed by atoms with Crippen molar-refractivity contribution in [2.45, 2.75) is 13.1 Å². The summed E-state index contributed by atoms with van der Waals surface area (Å²) in [5, 5.41) is 3.76. The maximum absolute atomic E-state index is 11.3. The Balaban J connectivity index is 3.16. The van der Waals surface area contributed by atoms with Crippen LogP contribution in [0.2, 0.25) is 5.02 Å². The predicted molar refractivity (Wildman–Crippen MR) is 49.6 cm³/mol. The third-order valence-corrected chi connectivity index (χ3v) is 1.77. The molecule has 0 bridgehead atoms. The lowest BCUT2D eigenvalue weighted by Crippen LogP contribution is -2.20. The molecule has 1 unspecified atom stereocenters. The number of aromatic nitrogens is 1. The summed E-state index contributed by atoms with van der Waals surface area (Å²) in [7, 11) is 0. The van der Waals surface area contributed by atoms with Gasteiger partial charge in [-0.15, -0.1) is 0 Å². The monoisotopic (exact) mass is 198 g/mol. The molecule has 13 heavy (non-hydrogen) atoms. The summed E-state index contributed by atoms with van der Waals surface area (Å²) in [5.41, 5.74) is 7.88. The fraction of sp³-hybridized carbons (Fsp3) is 0.286. The van der Waals surface area contributed by atoms with Crippen molar-refractivity contribution in [3.05, 3.63) is 44.1 Å². The maximum atomic E-state index is 11.3. The largest absolute Gasteiger partial charge is 0.307 e. The lowest BCUT2D eigenvalue weighted by molar-refractivity contribution is 0.549. The molecule has 1 aromatic rings. The quantitative estimate of drug-likeness (QED) is 0.408. The van der Waals surface area contributed by atoms with Crippen molar-refractivity contribution < 1.29 is 0 Å². The first-order valence-electron chi connectivity index (χ1n) is 3.57. The van der Waals surface area contributed by atoms with Crippen molar-refractivity contribution in [3.8, 4) is 0 Å². The van der Waals surface area contributed by atoms with Gasteiger partial charge in [-0.25, -0.2) is 0 Å². The van der Waals surface area contributed by atoms with E-state index in [0.717, 1.165) is 0 Å². The summed E-state index contributed by atoms with van der Waals surface area (Å²) in [6.45, 7) is 1.62. The van der Waals surface area contributed by atoms with Gasteiger partial charge in [0.2, 0.25) is 0 Å². The normalized spacial score (nSPS) is 11.8. The van der Waals surface area contributed by atoms with Crippen LogP contribution in [0.4, 0.5) is 0 Å². The van der Waals surface area contributed by atoms with Gasteiger partial charge in [0.25, 0.3) is 5.56 Å². The van der Waals surface area contributed by atoms with Crippen molar-refractivity contribution >= 4 is 11.6 Å². The van der Waals surface area contributed by atoms with Gasteiger partial charge in [-0.3, -0.25) is 4.79 Å². The molecule has 0 aliphatic heterocycles. The number of pyridine rings is 1. The van der Waals surface area contributed by atoms with Crippen LogP contribution in [0.3, 0.4) is 0 Å². The molecule has 5 nitrogen and oxygen atoms in total. The van der Waals surface area contributed by atoms with Gasteiger partial charge < -0.3 is 4.57 Å². The van der Waals surface area contributed by atoms with Crippen LogP contribution >= 0.6 is 11.6 Å². The molecule has 0 aliphatic rings. The molecule has 0 saturated heterocycles. The van der Waals surface area contributed by atoms with Gasteiger partial charge in [0, 0.05) is 22.2 Å². The summed E-state index contributed by atoms with van der Waals surface area (Å²) in [4.78, 5) is 13.9. The molecular weight excluding hydrogens is 192 g/mol. The number of rotatable bonds is 2. The van der Waals surface area contributed by atoms with Crippen molar-refractivity contribution in [3.63, 3.8) is 0 Å². The average Bonchev–Trinajstić information content (AvgIpc) is 2.04. The number of halogens is 1. The summed E-state index contributed by atoms with van der Waals surface area (Å²) < 4.78 is 1.30. The zero-order valence-corrected chi connectivity index (χ0v) is 7.64. The third kappa shape index (κ3) is 2.24. The highest BCUT2D eigenvalue weighted by Crippen LogP contribution is 2.07. The molecule has 6 heteroatoms. The van der Waals surface area contributed by atoms with E-state index < -0.39 is 6.17 Å². The Bertz CT molecular complexity index is 407. The summed E-state index contributed by atoms with van der Waals surface area (Å²) in [5.74, 6) is 0. The number of nitrogens with zero attached hydrogens (tertiary/aromatic N) is 4. The van der Waals surface area contributed by atoms with Gasteiger partial charge in [-0.05, 0) is 18.5 Å². The minimum Gasteiger partial charge on any atom is -0.307 e. The molecule has 0 radical (unpaired) electrons. The Morgan fingerprint density at radius 1 is 1.77 bits per heavy atom. The van der Waals surface area contributed by atoms with Crippen LogP contribution in [0.5, 0.6) is 0 Å². The van der Waals surface area contributed by atoms with E-state index in [1.54, 1.807) is 13.0 Å². The zero-order chi connectivity index (χ0) is 9.84. The number of hydrogen-bond acceptors (Lipinski definition) is 2. The highest BCUT2D eigenvalue weighted by molar-refractivity contribution is 6.30. The molecule has 1 rings (SSSR count). The molecule has 1 aromatic heterocycles. The smallest absolute Gasteiger partial charge is 0.252 e. The van der Waals surface area contributed by atoms with Crippen LogP contribution in [0.25, 0.3) is 10.4 Å². The molecule has 0 amide bonds. The van der Waals surface area contributed by atoms with E-state index in [2.05, 4.69) is 10.0 Å². The van der Waals surface area contributed by atoms with Gasteiger partial charge in [0.05, 0.1) is 0 Å². The Morgan fingerprint density at radius 3 is 3.00 bits per heavy atom. The maximum Gasteiger partial charge on any atom is 0.252 e. The molecule has 68 valence electrons. The number of azide groups is 1. The zero-order valence-electron chi connectivity index (χ0n) is 6.88. The lowest BCUT2D eigenvalue weighted by Gasteiger charge is -2.07. The highest BCUT2D eigenvalue weighted by atomic mass is 35.5. The first-order valence-corrected chi connectivity index (χ1v) is 3.95. The minimum atomic E-state index is -0.533. The van der Waals surface area contributed by atoms with E-state index in [-0.39, 0.29) is 5.56 Å². The van der Waals surface area contributed by atoms with E-state index >= 15 is 0 Å². The molecule has 1 atom stereocenters. The van der Waals surface area contributed by atoms with Gasteiger partial charge in [-0.1, -0.05) is 16.7 Å². The Kier molecular flexibility index (Phi) is 2.95. The highest BCUT2D eigenvalue weighted by Gasteiger charge is 2.02. The molecule has 0 N–H and O–H groups in total. The average molecular weight is 199 g/mol. The third-order valence-electron chi connectivity index (χ3n) is 1.53. The van der Waals surface area contributed by atoms with E-state index in [4.69, 9.17) is 17.1 Å². The first kappa shape index (κ1) is 9.64. The van der Waals surface area contributed by atoms with Crippen LogP contribution in [0.15, 0.2) is 28.2 Å². The molecule has 0 aliphatic carbocycles. The van der Waals surface area contributed by atoms with Crippen molar-refractivity contribution in [1.82, 2.24) is 4.57 Å². The van der Waals surface area contributed by atoms with Gasteiger partial charge in [0.1, 0.15) is 6.17 Å². The minimum absolute atomic E-state index is 0.285. The molecule has 0 fully saturated rings. The van der Waals surface area contributed by atoms with E-state index in [1.165, 1.54) is 16.8 Å². The Morgan fingerprint density at radius 2 is 2.46 bits per heavy atom. The SMILES string of the molecule is CC(N=[N+]=[N-])n1ccc(Cl)cc1=O. The molecule has 0 aromatic carbocycles. The predicted octanol–water partition coefficient (Wildman–Crippen LogP) is 2.33. The van der Waals surface area contributed by atoms with E-state index in [9.17, 15) is 4.79 Å².